The van der Waals surface area contributed by atoms with Crippen molar-refractivity contribution in [2.75, 3.05) is 17.7 Å². The van der Waals surface area contributed by atoms with Crippen molar-refractivity contribution in [1.29, 1.82) is 0 Å². The van der Waals surface area contributed by atoms with Gasteiger partial charge >= 0.3 is 5.97 Å². The lowest BCUT2D eigenvalue weighted by molar-refractivity contribution is 0.0601. The molecule has 26 heavy (non-hydrogen) atoms. The molecule has 0 saturated carbocycles. The molecule has 0 amide bonds. The Hall–Kier alpha value is -3.41. The van der Waals surface area contributed by atoms with Crippen molar-refractivity contribution < 1.29 is 9.53 Å². The molecule has 0 unspecified atom stereocenters. The molecule has 0 atom stereocenters. The van der Waals surface area contributed by atoms with Gasteiger partial charge in [-0.2, -0.15) is 4.98 Å². The molecule has 0 aliphatic heterocycles. The maximum Gasteiger partial charge on any atom is 0.337 e. The Morgan fingerprint density at radius 1 is 0.923 bits per heavy atom. The molecule has 0 aliphatic rings. The van der Waals surface area contributed by atoms with Crippen LogP contribution in [0.1, 0.15) is 21.6 Å². The monoisotopic (exact) mass is 348 g/mol. The molecule has 2 N–H and O–H groups in total. The number of esters is 1. The average molecular weight is 348 g/mol. The molecule has 6 heteroatoms. The molecular formula is C20H20N4O2. The average Bonchev–Trinajstić information content (AvgIpc) is 2.60. The molecule has 0 spiro atoms. The Kier molecular flexibility index (Phi) is 5.12. The molecule has 0 radical (unpaired) electrons. The number of carbonyl (C=O) groups is 1. The van der Waals surface area contributed by atoms with Crippen LogP contribution in [0.4, 0.5) is 23.1 Å². The van der Waals surface area contributed by atoms with E-state index < -0.39 is 0 Å². The number of anilines is 4. The Balaban J connectivity index is 1.83. The van der Waals surface area contributed by atoms with E-state index in [0.717, 1.165) is 11.4 Å². The quantitative estimate of drug-likeness (QED) is 0.667. The minimum atomic E-state index is -0.388. The Morgan fingerprint density at radius 2 is 1.65 bits per heavy atom. The molecule has 0 saturated heterocycles. The number of hydrogen-bond acceptors (Lipinski definition) is 6. The minimum Gasteiger partial charge on any atom is -0.465 e. The number of aryl methyl sites for hydroxylation is 2. The van der Waals surface area contributed by atoms with Gasteiger partial charge in [0.1, 0.15) is 5.82 Å². The fourth-order valence-electron chi connectivity index (χ4n) is 2.53. The molecule has 0 bridgehead atoms. The number of benzene rings is 2. The number of methoxy groups -OCH3 is 1. The summed E-state index contributed by atoms with van der Waals surface area (Å²) in [6, 6.07) is 16.9. The standard InChI is InChI=1S/C20H20N4O2/c1-13-6-4-8-16(10-13)22-18-11-14(2)21-20(24-18)23-17-9-5-7-15(12-17)19(25)26-3/h4-12H,1-3H3,(H2,21,22,23,24). The van der Waals surface area contributed by atoms with E-state index in [1.165, 1.54) is 12.7 Å². The molecule has 132 valence electrons. The van der Waals surface area contributed by atoms with Crippen LogP contribution < -0.4 is 10.6 Å². The second kappa shape index (κ2) is 7.65. The van der Waals surface area contributed by atoms with Crippen LogP contribution in [0.25, 0.3) is 0 Å². The topological polar surface area (TPSA) is 76.1 Å². The summed E-state index contributed by atoms with van der Waals surface area (Å²) in [5, 5.41) is 6.42. The number of carbonyl (C=O) groups excluding carboxylic acids is 1. The zero-order chi connectivity index (χ0) is 18.5. The first-order chi connectivity index (χ1) is 12.5. The summed E-state index contributed by atoms with van der Waals surface area (Å²) in [6.45, 7) is 3.94. The summed E-state index contributed by atoms with van der Waals surface area (Å²) in [4.78, 5) is 20.6. The number of rotatable bonds is 5. The summed E-state index contributed by atoms with van der Waals surface area (Å²) in [6.07, 6.45) is 0. The molecule has 6 nitrogen and oxygen atoms in total. The van der Waals surface area contributed by atoms with Crippen LogP contribution in [-0.4, -0.2) is 23.0 Å². The van der Waals surface area contributed by atoms with Crippen molar-refractivity contribution in [2.24, 2.45) is 0 Å². The normalized spacial score (nSPS) is 10.3. The summed E-state index contributed by atoms with van der Waals surface area (Å²) >= 11 is 0. The van der Waals surface area contributed by atoms with Gasteiger partial charge in [0.15, 0.2) is 0 Å². The maximum atomic E-state index is 11.7. The van der Waals surface area contributed by atoms with Gasteiger partial charge in [0.05, 0.1) is 12.7 Å². The van der Waals surface area contributed by atoms with Crippen molar-refractivity contribution in [3.05, 3.63) is 71.4 Å². The number of nitrogens with zero attached hydrogens (tertiary/aromatic N) is 2. The van der Waals surface area contributed by atoms with E-state index in [1.807, 2.05) is 50.2 Å². The van der Waals surface area contributed by atoms with Gasteiger partial charge in [-0.05, 0) is 49.7 Å². The fraction of sp³-hybridized carbons (Fsp3) is 0.150. The van der Waals surface area contributed by atoms with Crippen molar-refractivity contribution in [3.8, 4) is 0 Å². The Labute approximate surface area is 152 Å². The predicted octanol–water partition coefficient (Wildman–Crippen LogP) is 4.37. The van der Waals surface area contributed by atoms with Crippen molar-refractivity contribution in [3.63, 3.8) is 0 Å². The highest BCUT2D eigenvalue weighted by atomic mass is 16.5. The summed E-state index contributed by atoms with van der Waals surface area (Å²) in [5.74, 6) is 0.748. The zero-order valence-electron chi connectivity index (χ0n) is 14.9. The van der Waals surface area contributed by atoms with E-state index >= 15 is 0 Å². The van der Waals surface area contributed by atoms with E-state index in [1.54, 1.807) is 18.2 Å². The first-order valence-electron chi connectivity index (χ1n) is 8.18. The lowest BCUT2D eigenvalue weighted by Crippen LogP contribution is -2.04. The fourth-order valence-corrected chi connectivity index (χ4v) is 2.53. The van der Waals surface area contributed by atoms with Gasteiger partial charge in [-0.3, -0.25) is 0 Å². The molecule has 2 aromatic carbocycles. The van der Waals surface area contributed by atoms with Gasteiger partial charge in [0.2, 0.25) is 5.95 Å². The van der Waals surface area contributed by atoms with Gasteiger partial charge < -0.3 is 15.4 Å². The number of hydrogen-bond donors (Lipinski definition) is 2. The molecule has 1 aromatic heterocycles. The van der Waals surface area contributed by atoms with E-state index in [-0.39, 0.29) is 5.97 Å². The van der Waals surface area contributed by atoms with E-state index in [2.05, 4.69) is 20.6 Å². The molecule has 1 heterocycles. The largest absolute Gasteiger partial charge is 0.465 e. The lowest BCUT2D eigenvalue weighted by Gasteiger charge is -2.11. The molecule has 0 aliphatic carbocycles. The molecule has 3 rings (SSSR count). The third kappa shape index (κ3) is 4.36. The van der Waals surface area contributed by atoms with Crippen LogP contribution in [0.5, 0.6) is 0 Å². The minimum absolute atomic E-state index is 0.388. The van der Waals surface area contributed by atoms with Crippen LogP contribution >= 0.6 is 0 Å². The van der Waals surface area contributed by atoms with Gasteiger partial charge in [0.25, 0.3) is 0 Å². The third-order valence-corrected chi connectivity index (χ3v) is 3.68. The Morgan fingerprint density at radius 3 is 2.38 bits per heavy atom. The van der Waals surface area contributed by atoms with Crippen molar-refractivity contribution in [2.45, 2.75) is 13.8 Å². The number of ether oxygens (including phenoxy) is 1. The second-order valence-electron chi connectivity index (χ2n) is 5.91. The van der Waals surface area contributed by atoms with Gasteiger partial charge in [-0.15, -0.1) is 0 Å². The van der Waals surface area contributed by atoms with Gasteiger partial charge in [-0.1, -0.05) is 18.2 Å². The van der Waals surface area contributed by atoms with E-state index in [9.17, 15) is 4.79 Å². The van der Waals surface area contributed by atoms with Crippen LogP contribution in [0.2, 0.25) is 0 Å². The summed E-state index contributed by atoms with van der Waals surface area (Å²) in [7, 11) is 1.36. The molecule has 3 aromatic rings. The van der Waals surface area contributed by atoms with Gasteiger partial charge in [-0.25, -0.2) is 9.78 Å². The zero-order valence-corrected chi connectivity index (χ0v) is 14.9. The molecule has 0 fully saturated rings. The highest BCUT2D eigenvalue weighted by Gasteiger charge is 2.08. The Bertz CT molecular complexity index is 941. The number of nitrogens with one attached hydrogen (secondary N) is 2. The molecular weight excluding hydrogens is 328 g/mol. The second-order valence-corrected chi connectivity index (χ2v) is 5.91. The summed E-state index contributed by atoms with van der Waals surface area (Å²) < 4.78 is 4.75. The predicted molar refractivity (Wildman–Crippen MR) is 102 cm³/mol. The van der Waals surface area contributed by atoms with Crippen LogP contribution in [0.15, 0.2) is 54.6 Å². The van der Waals surface area contributed by atoms with E-state index in [4.69, 9.17) is 4.74 Å². The van der Waals surface area contributed by atoms with Gasteiger partial charge in [0, 0.05) is 23.1 Å². The SMILES string of the molecule is COC(=O)c1cccc(Nc2nc(C)cc(Nc3cccc(C)c3)n2)c1. The lowest BCUT2D eigenvalue weighted by atomic mass is 10.2. The van der Waals surface area contributed by atoms with Crippen LogP contribution in [0.3, 0.4) is 0 Å². The highest BCUT2D eigenvalue weighted by Crippen LogP contribution is 2.20. The third-order valence-electron chi connectivity index (χ3n) is 3.68. The van der Waals surface area contributed by atoms with Crippen LogP contribution in [0, 0.1) is 13.8 Å². The maximum absolute atomic E-state index is 11.7. The van der Waals surface area contributed by atoms with Crippen molar-refractivity contribution in [1.82, 2.24) is 9.97 Å². The number of aromatic nitrogens is 2. The van der Waals surface area contributed by atoms with Crippen LogP contribution in [-0.2, 0) is 4.74 Å². The first-order valence-corrected chi connectivity index (χ1v) is 8.18. The first kappa shape index (κ1) is 17.4. The smallest absolute Gasteiger partial charge is 0.337 e. The highest BCUT2D eigenvalue weighted by molar-refractivity contribution is 5.90. The van der Waals surface area contributed by atoms with Crippen molar-refractivity contribution >= 4 is 29.1 Å². The summed E-state index contributed by atoms with van der Waals surface area (Å²) in [5.41, 5.74) is 4.12. The van der Waals surface area contributed by atoms with E-state index in [0.29, 0.717) is 23.0 Å².